The maximum atomic E-state index is 12.0. The zero-order valence-corrected chi connectivity index (χ0v) is 11.5. The van der Waals surface area contributed by atoms with E-state index in [2.05, 4.69) is 4.72 Å². The smallest absolute Gasteiger partial charge is 0.265 e. The molecule has 1 amide bonds. The Labute approximate surface area is 112 Å². The number of aromatic nitrogens is 1. The summed E-state index contributed by atoms with van der Waals surface area (Å²) in [6, 6.07) is 1.10. The van der Waals surface area contributed by atoms with Crippen molar-refractivity contribution in [2.24, 2.45) is 24.4 Å². The van der Waals surface area contributed by atoms with Crippen molar-refractivity contribution >= 4 is 15.9 Å². The van der Waals surface area contributed by atoms with Crippen LogP contribution >= 0.6 is 0 Å². The van der Waals surface area contributed by atoms with Gasteiger partial charge in [0.25, 0.3) is 5.91 Å². The fraction of sp³-hybridized carbons (Fsp3) is 0.545. The third kappa shape index (κ3) is 3.14. The van der Waals surface area contributed by atoms with E-state index < -0.39 is 15.9 Å². The van der Waals surface area contributed by atoms with Crippen LogP contribution < -0.4 is 16.2 Å². The van der Waals surface area contributed by atoms with Crippen molar-refractivity contribution in [2.75, 3.05) is 6.54 Å². The normalized spacial score (nSPS) is 17.4. The standard InChI is InChI=1S/C11H18N4O3S/c1-15-6-8(4-10(15)11(13)16)19(17,18)14-5-9(12)7-2-3-7/h4,6-7,9,14H,2-3,5,12H2,1H3,(H2,13,16). The highest BCUT2D eigenvalue weighted by atomic mass is 32.2. The third-order valence-electron chi connectivity index (χ3n) is 3.28. The van der Waals surface area contributed by atoms with E-state index in [4.69, 9.17) is 11.5 Å². The van der Waals surface area contributed by atoms with Gasteiger partial charge in [-0.15, -0.1) is 0 Å². The van der Waals surface area contributed by atoms with Crippen LogP contribution in [-0.2, 0) is 17.1 Å². The minimum atomic E-state index is -3.65. The number of nitrogens with one attached hydrogen (secondary N) is 1. The molecule has 0 aliphatic heterocycles. The summed E-state index contributed by atoms with van der Waals surface area (Å²) in [5.41, 5.74) is 11.1. The summed E-state index contributed by atoms with van der Waals surface area (Å²) in [7, 11) is -2.09. The maximum Gasteiger partial charge on any atom is 0.265 e. The highest BCUT2D eigenvalue weighted by Crippen LogP contribution is 2.31. The van der Waals surface area contributed by atoms with Gasteiger partial charge < -0.3 is 16.0 Å². The molecule has 1 aliphatic carbocycles. The number of nitrogens with two attached hydrogens (primary N) is 2. The van der Waals surface area contributed by atoms with E-state index in [1.807, 2.05) is 0 Å². The number of sulfonamides is 1. The van der Waals surface area contributed by atoms with Gasteiger partial charge in [0, 0.05) is 25.8 Å². The van der Waals surface area contributed by atoms with Crippen molar-refractivity contribution in [3.63, 3.8) is 0 Å². The first-order valence-corrected chi connectivity index (χ1v) is 7.51. The number of primary amides is 1. The number of hydrogen-bond acceptors (Lipinski definition) is 4. The Morgan fingerprint density at radius 1 is 1.58 bits per heavy atom. The highest BCUT2D eigenvalue weighted by Gasteiger charge is 2.29. The van der Waals surface area contributed by atoms with E-state index in [1.165, 1.54) is 16.8 Å². The molecule has 0 bridgehead atoms. The monoisotopic (exact) mass is 286 g/mol. The second kappa shape index (κ2) is 4.95. The number of hydrogen-bond donors (Lipinski definition) is 3. The van der Waals surface area contributed by atoms with Crippen LogP contribution in [-0.4, -0.2) is 31.5 Å². The van der Waals surface area contributed by atoms with Gasteiger partial charge in [-0.05, 0) is 24.8 Å². The Balaban J connectivity index is 2.10. The van der Waals surface area contributed by atoms with Gasteiger partial charge in [0.1, 0.15) is 10.6 Å². The lowest BCUT2D eigenvalue weighted by atomic mass is 10.2. The Hall–Kier alpha value is -1.38. The summed E-state index contributed by atoms with van der Waals surface area (Å²) in [5, 5.41) is 0. The Morgan fingerprint density at radius 3 is 2.68 bits per heavy atom. The topological polar surface area (TPSA) is 120 Å². The second-order valence-electron chi connectivity index (χ2n) is 4.89. The molecule has 0 saturated heterocycles. The zero-order valence-electron chi connectivity index (χ0n) is 10.7. The lowest BCUT2D eigenvalue weighted by Crippen LogP contribution is -2.38. The zero-order chi connectivity index (χ0) is 14.2. The van der Waals surface area contributed by atoms with E-state index in [9.17, 15) is 13.2 Å². The SMILES string of the molecule is Cn1cc(S(=O)(=O)NCC(N)C2CC2)cc1C(N)=O. The Kier molecular flexibility index (Phi) is 3.66. The van der Waals surface area contributed by atoms with Gasteiger partial charge in [-0.2, -0.15) is 0 Å². The van der Waals surface area contributed by atoms with E-state index in [1.54, 1.807) is 7.05 Å². The molecule has 1 aromatic heterocycles. The average Bonchev–Trinajstić information content (AvgIpc) is 3.08. The largest absolute Gasteiger partial charge is 0.364 e. The van der Waals surface area contributed by atoms with Crippen molar-refractivity contribution in [1.29, 1.82) is 0 Å². The van der Waals surface area contributed by atoms with Gasteiger partial charge in [0.15, 0.2) is 0 Å². The summed E-state index contributed by atoms with van der Waals surface area (Å²) in [6.07, 6.45) is 3.46. The molecule has 0 aromatic carbocycles. The molecule has 1 unspecified atom stereocenters. The van der Waals surface area contributed by atoms with Crippen molar-refractivity contribution in [1.82, 2.24) is 9.29 Å². The minimum Gasteiger partial charge on any atom is -0.364 e. The summed E-state index contributed by atoms with van der Waals surface area (Å²) in [4.78, 5) is 11.1. The van der Waals surface area contributed by atoms with E-state index in [-0.39, 0.29) is 23.2 Å². The lowest BCUT2D eigenvalue weighted by Gasteiger charge is -2.11. The average molecular weight is 286 g/mol. The van der Waals surface area contributed by atoms with Crippen LogP contribution in [0.25, 0.3) is 0 Å². The molecule has 1 aliphatic rings. The van der Waals surface area contributed by atoms with Gasteiger partial charge >= 0.3 is 0 Å². The number of rotatable bonds is 6. The van der Waals surface area contributed by atoms with Crippen molar-refractivity contribution in [3.05, 3.63) is 18.0 Å². The van der Waals surface area contributed by atoms with Crippen LogP contribution in [0.2, 0.25) is 0 Å². The third-order valence-corrected chi connectivity index (χ3v) is 4.67. The first kappa shape index (κ1) is 14.0. The first-order valence-electron chi connectivity index (χ1n) is 6.02. The lowest BCUT2D eigenvalue weighted by molar-refractivity contribution is 0.0992. The minimum absolute atomic E-state index is 0.0202. The van der Waals surface area contributed by atoms with Gasteiger partial charge in [0.05, 0.1) is 0 Å². The fourth-order valence-electron chi connectivity index (χ4n) is 1.91. The van der Waals surface area contributed by atoms with Gasteiger partial charge in [-0.3, -0.25) is 4.79 Å². The molecule has 5 N–H and O–H groups in total. The van der Waals surface area contributed by atoms with Crippen molar-refractivity contribution in [2.45, 2.75) is 23.8 Å². The number of aryl methyl sites for hydroxylation is 1. The molecular formula is C11H18N4O3S. The molecule has 1 heterocycles. The quantitative estimate of drug-likeness (QED) is 0.630. The number of amides is 1. The number of carbonyl (C=O) groups excluding carboxylic acids is 1. The predicted octanol–water partition coefficient (Wildman–Crippen LogP) is -0.860. The number of nitrogens with zero attached hydrogens (tertiary/aromatic N) is 1. The Bertz CT molecular complexity index is 589. The van der Waals surface area contributed by atoms with Crippen LogP contribution in [0.4, 0.5) is 0 Å². The summed E-state index contributed by atoms with van der Waals surface area (Å²) in [6.45, 7) is 0.202. The highest BCUT2D eigenvalue weighted by molar-refractivity contribution is 7.89. The molecule has 7 nitrogen and oxygen atoms in total. The van der Waals surface area contributed by atoms with Gasteiger partial charge in [0.2, 0.25) is 10.0 Å². The van der Waals surface area contributed by atoms with Crippen LogP contribution in [0.1, 0.15) is 23.3 Å². The van der Waals surface area contributed by atoms with E-state index in [0.717, 1.165) is 12.8 Å². The van der Waals surface area contributed by atoms with E-state index >= 15 is 0 Å². The molecule has 1 atom stereocenters. The molecule has 1 fully saturated rings. The van der Waals surface area contributed by atoms with Crippen molar-refractivity contribution in [3.8, 4) is 0 Å². The molecule has 19 heavy (non-hydrogen) atoms. The molecule has 0 spiro atoms. The fourth-order valence-corrected chi connectivity index (χ4v) is 3.05. The molecule has 0 radical (unpaired) electrons. The summed E-state index contributed by atoms with van der Waals surface area (Å²) in [5.74, 6) is -0.252. The second-order valence-corrected chi connectivity index (χ2v) is 6.66. The molecule has 2 rings (SSSR count). The van der Waals surface area contributed by atoms with Crippen LogP contribution in [0, 0.1) is 5.92 Å². The van der Waals surface area contributed by atoms with Gasteiger partial charge in [-0.25, -0.2) is 13.1 Å². The summed E-state index contributed by atoms with van der Waals surface area (Å²) < 4.78 is 27.9. The Morgan fingerprint density at radius 2 is 2.21 bits per heavy atom. The van der Waals surface area contributed by atoms with Crippen LogP contribution in [0.15, 0.2) is 17.2 Å². The van der Waals surface area contributed by atoms with Crippen molar-refractivity contribution < 1.29 is 13.2 Å². The molecule has 8 heteroatoms. The molecule has 1 saturated carbocycles. The molecule has 1 aromatic rings. The van der Waals surface area contributed by atoms with Crippen LogP contribution in [0.5, 0.6) is 0 Å². The summed E-state index contributed by atoms with van der Waals surface area (Å²) >= 11 is 0. The predicted molar refractivity (Wildman–Crippen MR) is 69.8 cm³/mol. The van der Waals surface area contributed by atoms with E-state index in [0.29, 0.717) is 5.92 Å². The molecule has 106 valence electrons. The van der Waals surface area contributed by atoms with Crippen LogP contribution in [0.3, 0.4) is 0 Å². The maximum absolute atomic E-state index is 12.0. The first-order chi connectivity index (χ1) is 8.81. The number of carbonyl (C=O) groups is 1. The van der Waals surface area contributed by atoms with Gasteiger partial charge in [-0.1, -0.05) is 0 Å². The molecular weight excluding hydrogens is 268 g/mol.